The summed E-state index contributed by atoms with van der Waals surface area (Å²) in [5.74, 6) is -0.225. The van der Waals surface area contributed by atoms with Crippen molar-refractivity contribution >= 4 is 15.9 Å². The molecule has 0 aliphatic carbocycles. The van der Waals surface area contributed by atoms with E-state index in [2.05, 4.69) is 22.0 Å². The summed E-state index contributed by atoms with van der Waals surface area (Å²) in [5, 5.41) is 0. The highest BCUT2D eigenvalue weighted by molar-refractivity contribution is 9.10. The Balaban J connectivity index is 3.25. The van der Waals surface area contributed by atoms with Gasteiger partial charge in [-0.15, -0.1) is 0 Å². The lowest BCUT2D eigenvalue weighted by Gasteiger charge is -1.94. The fraction of sp³-hybridized carbons (Fsp3) is 0.143. The predicted molar refractivity (Wildman–Crippen MR) is 37.7 cm³/mol. The molecule has 1 rings (SSSR count). The molecule has 1 aromatic rings. The van der Waals surface area contributed by atoms with Crippen molar-refractivity contribution in [1.82, 2.24) is 0 Å². The molecule has 0 nitrogen and oxygen atoms in total. The molecular weight excluding hydrogens is 183 g/mol. The van der Waals surface area contributed by atoms with Crippen molar-refractivity contribution in [3.8, 4) is 0 Å². The molecule has 0 aliphatic rings. The van der Waals surface area contributed by atoms with Crippen molar-refractivity contribution in [1.29, 1.82) is 0 Å². The highest BCUT2D eigenvalue weighted by Crippen LogP contribution is 2.16. The van der Waals surface area contributed by atoms with Gasteiger partial charge in [-0.1, -0.05) is 12.1 Å². The lowest BCUT2D eigenvalue weighted by Crippen LogP contribution is -1.81. The van der Waals surface area contributed by atoms with Gasteiger partial charge in [-0.05, 0) is 28.4 Å². The molecule has 0 aromatic heterocycles. The Labute approximate surface area is 61.8 Å². The molecule has 9 heavy (non-hydrogen) atoms. The smallest absolute Gasteiger partial charge is 0.140 e. The number of hydrogen-bond donors (Lipinski definition) is 0. The first-order valence-corrected chi connectivity index (χ1v) is 3.33. The Hall–Kier alpha value is -0.370. The van der Waals surface area contributed by atoms with Gasteiger partial charge < -0.3 is 0 Å². The maximum absolute atomic E-state index is 12.7. The Morgan fingerprint density at radius 3 is 2.78 bits per heavy atom. The number of aryl methyl sites for hydroxylation is 1. The molecule has 0 unspecified atom stereocenters. The summed E-state index contributed by atoms with van der Waals surface area (Å²) in [6.45, 7) is 1.72. The molecule has 0 N–H and O–H groups in total. The summed E-state index contributed by atoms with van der Waals surface area (Å²) in [7, 11) is 0. The monoisotopic (exact) mass is 187 g/mol. The van der Waals surface area contributed by atoms with Gasteiger partial charge in [0.05, 0.1) is 4.47 Å². The number of hydrogen-bond acceptors (Lipinski definition) is 0. The van der Waals surface area contributed by atoms with Crippen LogP contribution in [0.5, 0.6) is 0 Å². The quantitative estimate of drug-likeness (QED) is 0.587. The molecule has 0 atom stereocenters. The molecule has 1 radical (unpaired) electrons. The molecule has 0 spiro atoms. The van der Waals surface area contributed by atoms with Crippen molar-refractivity contribution in [2.45, 2.75) is 6.92 Å². The van der Waals surface area contributed by atoms with E-state index in [9.17, 15) is 4.39 Å². The zero-order chi connectivity index (χ0) is 6.85. The van der Waals surface area contributed by atoms with E-state index in [1.54, 1.807) is 19.1 Å². The Bertz CT molecular complexity index is 200. The van der Waals surface area contributed by atoms with Crippen LogP contribution in [0, 0.1) is 18.8 Å². The summed E-state index contributed by atoms with van der Waals surface area (Å²) >= 11 is 3.02. The highest BCUT2D eigenvalue weighted by Gasteiger charge is 1.98. The second-order valence-corrected chi connectivity index (χ2v) is 2.58. The van der Waals surface area contributed by atoms with Gasteiger partial charge in [0.1, 0.15) is 5.82 Å². The topological polar surface area (TPSA) is 0 Å². The minimum absolute atomic E-state index is 0.225. The van der Waals surface area contributed by atoms with Crippen LogP contribution in [0.1, 0.15) is 5.56 Å². The van der Waals surface area contributed by atoms with E-state index in [1.165, 1.54) is 0 Å². The third kappa shape index (κ3) is 1.30. The first-order chi connectivity index (χ1) is 4.22. The van der Waals surface area contributed by atoms with Crippen LogP contribution in [0.3, 0.4) is 0 Å². The summed E-state index contributed by atoms with van der Waals surface area (Å²) < 4.78 is 13.1. The molecule has 0 amide bonds. The first kappa shape index (κ1) is 6.75. The van der Waals surface area contributed by atoms with Gasteiger partial charge in [0.25, 0.3) is 0 Å². The largest absolute Gasteiger partial charge is 0.205 e. The Morgan fingerprint density at radius 2 is 2.33 bits per heavy atom. The maximum Gasteiger partial charge on any atom is 0.140 e. The molecule has 0 bridgehead atoms. The van der Waals surface area contributed by atoms with Crippen LogP contribution in [0.4, 0.5) is 4.39 Å². The van der Waals surface area contributed by atoms with E-state index in [0.29, 0.717) is 10.0 Å². The van der Waals surface area contributed by atoms with Gasteiger partial charge in [-0.3, -0.25) is 0 Å². The van der Waals surface area contributed by atoms with E-state index in [0.717, 1.165) is 0 Å². The highest BCUT2D eigenvalue weighted by atomic mass is 79.9. The van der Waals surface area contributed by atoms with Crippen LogP contribution in [0.2, 0.25) is 0 Å². The SMILES string of the molecule is Cc1cc[c]c(Br)c1F. The third-order valence-corrected chi connectivity index (χ3v) is 1.66. The molecule has 0 heterocycles. The minimum atomic E-state index is -0.225. The lowest BCUT2D eigenvalue weighted by atomic mass is 10.2. The Morgan fingerprint density at radius 1 is 1.67 bits per heavy atom. The first-order valence-electron chi connectivity index (χ1n) is 2.54. The second kappa shape index (κ2) is 2.48. The number of halogens is 2. The van der Waals surface area contributed by atoms with Crippen molar-refractivity contribution < 1.29 is 4.39 Å². The standard InChI is InChI=1S/C7H5BrF/c1-5-3-2-4-6(8)7(5)9/h2-3H,1H3. The van der Waals surface area contributed by atoms with Gasteiger partial charge >= 0.3 is 0 Å². The fourth-order valence-corrected chi connectivity index (χ4v) is 0.994. The number of rotatable bonds is 0. The molecular formula is C7H5BrF. The number of benzene rings is 1. The fourth-order valence-electron chi connectivity index (χ4n) is 0.549. The molecule has 0 aliphatic heterocycles. The van der Waals surface area contributed by atoms with Crippen molar-refractivity contribution in [2.24, 2.45) is 0 Å². The third-order valence-electron chi connectivity index (χ3n) is 1.08. The minimum Gasteiger partial charge on any atom is -0.205 e. The van der Waals surface area contributed by atoms with Crippen molar-refractivity contribution in [3.63, 3.8) is 0 Å². The van der Waals surface area contributed by atoms with Gasteiger partial charge in [0, 0.05) is 6.07 Å². The summed E-state index contributed by atoms with van der Waals surface area (Å²) in [6.07, 6.45) is 0. The molecule has 0 fully saturated rings. The van der Waals surface area contributed by atoms with Gasteiger partial charge in [0.15, 0.2) is 0 Å². The van der Waals surface area contributed by atoms with E-state index >= 15 is 0 Å². The van der Waals surface area contributed by atoms with Crippen molar-refractivity contribution in [3.05, 3.63) is 34.1 Å². The van der Waals surface area contributed by atoms with Crippen LogP contribution in [-0.2, 0) is 0 Å². The van der Waals surface area contributed by atoms with Gasteiger partial charge in [0.2, 0.25) is 0 Å². The van der Waals surface area contributed by atoms with E-state index in [-0.39, 0.29) is 5.82 Å². The molecule has 0 saturated carbocycles. The van der Waals surface area contributed by atoms with Crippen LogP contribution >= 0.6 is 15.9 Å². The summed E-state index contributed by atoms with van der Waals surface area (Å²) in [4.78, 5) is 0. The lowest BCUT2D eigenvalue weighted by molar-refractivity contribution is 0.611. The van der Waals surface area contributed by atoms with Crippen LogP contribution < -0.4 is 0 Å². The summed E-state index contributed by atoms with van der Waals surface area (Å²) in [6, 6.07) is 6.05. The van der Waals surface area contributed by atoms with E-state index in [1.807, 2.05) is 0 Å². The summed E-state index contributed by atoms with van der Waals surface area (Å²) in [5.41, 5.74) is 0.639. The van der Waals surface area contributed by atoms with E-state index < -0.39 is 0 Å². The zero-order valence-corrected chi connectivity index (χ0v) is 6.50. The second-order valence-electron chi connectivity index (χ2n) is 1.79. The molecule has 1 aromatic carbocycles. The molecule has 47 valence electrons. The molecule has 2 heteroatoms. The van der Waals surface area contributed by atoms with Crippen LogP contribution in [0.15, 0.2) is 16.6 Å². The van der Waals surface area contributed by atoms with Gasteiger partial charge in [-0.2, -0.15) is 0 Å². The molecule has 0 saturated heterocycles. The average Bonchev–Trinajstić information content (AvgIpc) is 1.83. The van der Waals surface area contributed by atoms with Crippen LogP contribution in [0.25, 0.3) is 0 Å². The zero-order valence-electron chi connectivity index (χ0n) is 4.91. The average molecular weight is 188 g/mol. The normalized spacial score (nSPS) is 9.67. The van der Waals surface area contributed by atoms with Crippen molar-refractivity contribution in [2.75, 3.05) is 0 Å². The van der Waals surface area contributed by atoms with Crippen LogP contribution in [-0.4, -0.2) is 0 Å². The van der Waals surface area contributed by atoms with E-state index in [4.69, 9.17) is 0 Å². The van der Waals surface area contributed by atoms with Gasteiger partial charge in [-0.25, -0.2) is 4.39 Å². The Kier molecular flexibility index (Phi) is 1.86. The predicted octanol–water partition coefficient (Wildman–Crippen LogP) is 2.70. The maximum atomic E-state index is 12.7.